The average molecular weight is 269 g/mol. The molecule has 0 spiro atoms. The Hall–Kier alpha value is -1.14. The number of likely N-dealkylation sites (N-methyl/N-ethyl adjacent to an activating group) is 1. The number of piperazine rings is 1. The molecule has 1 amide bonds. The minimum Gasteiger partial charge on any atom is -0.481 e. The van der Waals surface area contributed by atoms with Crippen molar-refractivity contribution in [1.29, 1.82) is 0 Å². The third-order valence-corrected chi connectivity index (χ3v) is 4.10. The van der Waals surface area contributed by atoms with Crippen LogP contribution < -0.4 is 0 Å². The maximum absolute atomic E-state index is 12.2. The first-order chi connectivity index (χ1) is 9.06. The van der Waals surface area contributed by atoms with Gasteiger partial charge >= 0.3 is 5.97 Å². The second-order valence-electron chi connectivity index (χ2n) is 5.55. The molecule has 2 aliphatic heterocycles. The number of nitrogens with zero attached hydrogens (tertiary/aromatic N) is 3. The van der Waals surface area contributed by atoms with Crippen molar-refractivity contribution in [3.8, 4) is 0 Å². The molecular formula is C13H23N3O3. The minimum absolute atomic E-state index is 0.0360. The average Bonchev–Trinajstić information content (AvgIpc) is 2.76. The van der Waals surface area contributed by atoms with E-state index in [2.05, 4.69) is 11.9 Å². The summed E-state index contributed by atoms with van der Waals surface area (Å²) in [6, 6.07) is 0.0360. The molecule has 0 bridgehead atoms. The Balaban J connectivity index is 1.82. The van der Waals surface area contributed by atoms with E-state index in [0.29, 0.717) is 6.54 Å². The van der Waals surface area contributed by atoms with Gasteiger partial charge in [0.15, 0.2) is 0 Å². The monoisotopic (exact) mass is 269 g/mol. The fourth-order valence-corrected chi connectivity index (χ4v) is 2.87. The van der Waals surface area contributed by atoms with Gasteiger partial charge in [0, 0.05) is 32.2 Å². The van der Waals surface area contributed by atoms with Gasteiger partial charge in [-0.3, -0.25) is 14.5 Å². The first kappa shape index (κ1) is 14.3. The van der Waals surface area contributed by atoms with Gasteiger partial charge in [-0.15, -0.1) is 0 Å². The van der Waals surface area contributed by atoms with Crippen LogP contribution in [0, 0.1) is 0 Å². The summed E-state index contributed by atoms with van der Waals surface area (Å²) in [6.45, 7) is 4.63. The van der Waals surface area contributed by atoms with Gasteiger partial charge in [-0.25, -0.2) is 0 Å². The number of hydrogen-bond acceptors (Lipinski definition) is 4. The van der Waals surface area contributed by atoms with E-state index in [9.17, 15) is 9.59 Å². The van der Waals surface area contributed by atoms with E-state index in [-0.39, 0.29) is 18.4 Å². The fraction of sp³-hybridized carbons (Fsp3) is 0.846. The Morgan fingerprint density at radius 2 is 1.84 bits per heavy atom. The lowest BCUT2D eigenvalue weighted by Crippen LogP contribution is -2.50. The van der Waals surface area contributed by atoms with Gasteiger partial charge in [0.05, 0.1) is 13.0 Å². The zero-order valence-corrected chi connectivity index (χ0v) is 11.5. The van der Waals surface area contributed by atoms with Gasteiger partial charge in [-0.05, 0) is 26.4 Å². The van der Waals surface area contributed by atoms with Crippen molar-refractivity contribution < 1.29 is 14.7 Å². The Labute approximate surface area is 114 Å². The van der Waals surface area contributed by atoms with Crippen LogP contribution in [0.15, 0.2) is 0 Å². The van der Waals surface area contributed by atoms with Crippen LogP contribution in [0.3, 0.4) is 0 Å². The zero-order chi connectivity index (χ0) is 13.8. The molecule has 2 heterocycles. The summed E-state index contributed by atoms with van der Waals surface area (Å²) in [5.41, 5.74) is 0. The van der Waals surface area contributed by atoms with Gasteiger partial charge in [-0.2, -0.15) is 0 Å². The Morgan fingerprint density at radius 3 is 2.47 bits per heavy atom. The summed E-state index contributed by atoms with van der Waals surface area (Å²) >= 11 is 0. The van der Waals surface area contributed by atoms with Gasteiger partial charge in [0.1, 0.15) is 0 Å². The molecule has 2 saturated heterocycles. The van der Waals surface area contributed by atoms with Crippen molar-refractivity contribution in [2.24, 2.45) is 0 Å². The Bertz CT molecular complexity index is 340. The lowest BCUT2D eigenvalue weighted by Gasteiger charge is -2.34. The van der Waals surface area contributed by atoms with E-state index in [4.69, 9.17) is 5.11 Å². The predicted molar refractivity (Wildman–Crippen MR) is 70.9 cm³/mol. The van der Waals surface area contributed by atoms with Crippen LogP contribution in [0.2, 0.25) is 0 Å². The number of carboxylic acid groups (broad SMARTS) is 1. The van der Waals surface area contributed by atoms with Crippen LogP contribution in [-0.2, 0) is 9.59 Å². The second kappa shape index (κ2) is 6.34. The molecule has 0 radical (unpaired) electrons. The lowest BCUT2D eigenvalue weighted by atomic mass is 10.1. The minimum atomic E-state index is -0.774. The van der Waals surface area contributed by atoms with Crippen LogP contribution in [0.5, 0.6) is 0 Å². The molecule has 1 atom stereocenters. The van der Waals surface area contributed by atoms with Crippen molar-refractivity contribution in [3.05, 3.63) is 0 Å². The van der Waals surface area contributed by atoms with Crippen LogP contribution in [-0.4, -0.2) is 84.0 Å². The van der Waals surface area contributed by atoms with Crippen molar-refractivity contribution in [2.45, 2.75) is 25.3 Å². The quantitative estimate of drug-likeness (QED) is 0.759. The van der Waals surface area contributed by atoms with Crippen molar-refractivity contribution in [1.82, 2.24) is 14.7 Å². The SMILES string of the molecule is CN1CCN(C(=O)CN2CCCC2CC(=O)O)CC1. The van der Waals surface area contributed by atoms with Gasteiger partial charge in [-0.1, -0.05) is 0 Å². The van der Waals surface area contributed by atoms with E-state index in [1.165, 1.54) is 0 Å². The van der Waals surface area contributed by atoms with Crippen LogP contribution in [0.4, 0.5) is 0 Å². The molecule has 6 heteroatoms. The van der Waals surface area contributed by atoms with Crippen molar-refractivity contribution in [2.75, 3.05) is 46.3 Å². The van der Waals surface area contributed by atoms with E-state index in [1.807, 2.05) is 9.80 Å². The zero-order valence-electron chi connectivity index (χ0n) is 11.5. The van der Waals surface area contributed by atoms with E-state index in [1.54, 1.807) is 0 Å². The molecule has 0 saturated carbocycles. The highest BCUT2D eigenvalue weighted by molar-refractivity contribution is 5.78. The Kier molecular flexibility index (Phi) is 4.76. The number of aliphatic carboxylic acids is 1. The summed E-state index contributed by atoms with van der Waals surface area (Å²) in [7, 11) is 2.06. The number of carbonyl (C=O) groups excluding carboxylic acids is 1. The standard InChI is InChI=1S/C13H23N3O3/c1-14-5-7-15(8-6-14)12(17)10-16-4-2-3-11(16)9-13(18)19/h11H,2-10H2,1H3,(H,18,19). The van der Waals surface area contributed by atoms with Crippen molar-refractivity contribution in [3.63, 3.8) is 0 Å². The third kappa shape index (κ3) is 3.91. The number of carboxylic acids is 1. The number of hydrogen-bond donors (Lipinski definition) is 1. The highest BCUT2D eigenvalue weighted by Gasteiger charge is 2.29. The molecule has 2 aliphatic rings. The first-order valence-corrected chi connectivity index (χ1v) is 6.98. The normalized spacial score (nSPS) is 25.7. The molecule has 19 heavy (non-hydrogen) atoms. The van der Waals surface area contributed by atoms with Gasteiger partial charge in [0.25, 0.3) is 0 Å². The third-order valence-electron chi connectivity index (χ3n) is 4.10. The van der Waals surface area contributed by atoms with Crippen LogP contribution in [0.25, 0.3) is 0 Å². The van der Waals surface area contributed by atoms with E-state index in [0.717, 1.165) is 45.6 Å². The van der Waals surface area contributed by atoms with Gasteiger partial charge < -0.3 is 14.9 Å². The topological polar surface area (TPSA) is 64.1 Å². The molecular weight excluding hydrogens is 246 g/mol. The second-order valence-corrected chi connectivity index (χ2v) is 5.55. The smallest absolute Gasteiger partial charge is 0.304 e. The molecule has 2 fully saturated rings. The summed E-state index contributed by atoms with van der Waals surface area (Å²) in [4.78, 5) is 29.2. The molecule has 1 N–H and O–H groups in total. The molecule has 0 aromatic rings. The first-order valence-electron chi connectivity index (χ1n) is 6.98. The predicted octanol–water partition coefficient (Wildman–Crippen LogP) is -0.300. The fourth-order valence-electron chi connectivity index (χ4n) is 2.87. The molecule has 2 rings (SSSR count). The summed E-state index contributed by atoms with van der Waals surface area (Å²) in [5.74, 6) is -0.630. The number of likely N-dealkylation sites (tertiary alicyclic amines) is 1. The maximum Gasteiger partial charge on any atom is 0.304 e. The summed E-state index contributed by atoms with van der Waals surface area (Å²) in [6.07, 6.45) is 2.03. The molecule has 6 nitrogen and oxygen atoms in total. The van der Waals surface area contributed by atoms with Crippen LogP contribution in [0.1, 0.15) is 19.3 Å². The van der Waals surface area contributed by atoms with Crippen LogP contribution >= 0.6 is 0 Å². The molecule has 108 valence electrons. The number of carbonyl (C=O) groups is 2. The van der Waals surface area contributed by atoms with E-state index < -0.39 is 5.97 Å². The molecule has 0 aliphatic carbocycles. The van der Waals surface area contributed by atoms with Crippen molar-refractivity contribution >= 4 is 11.9 Å². The summed E-state index contributed by atoms with van der Waals surface area (Å²) < 4.78 is 0. The summed E-state index contributed by atoms with van der Waals surface area (Å²) in [5, 5.41) is 8.88. The number of rotatable bonds is 4. The largest absolute Gasteiger partial charge is 0.481 e. The molecule has 0 aromatic carbocycles. The lowest BCUT2D eigenvalue weighted by molar-refractivity contribution is -0.140. The van der Waals surface area contributed by atoms with E-state index >= 15 is 0 Å². The highest BCUT2D eigenvalue weighted by Crippen LogP contribution is 2.20. The van der Waals surface area contributed by atoms with Gasteiger partial charge in [0.2, 0.25) is 5.91 Å². The molecule has 0 aromatic heterocycles. The maximum atomic E-state index is 12.2. The Morgan fingerprint density at radius 1 is 1.16 bits per heavy atom. The highest BCUT2D eigenvalue weighted by atomic mass is 16.4. The number of amides is 1. The molecule has 1 unspecified atom stereocenters.